The Morgan fingerprint density at radius 1 is 1.16 bits per heavy atom. The lowest BCUT2D eigenvalue weighted by Crippen LogP contribution is -2.57. The van der Waals surface area contributed by atoms with Crippen molar-refractivity contribution >= 4 is 73.7 Å². The molecule has 1 aliphatic heterocycles. The quantitative estimate of drug-likeness (QED) is 0.276. The first-order chi connectivity index (χ1) is 17.8. The van der Waals surface area contributed by atoms with Gasteiger partial charge < -0.3 is 4.74 Å². The lowest BCUT2D eigenvalue weighted by molar-refractivity contribution is -0.152. The van der Waals surface area contributed by atoms with Crippen LogP contribution < -0.4 is 10.2 Å². The summed E-state index contributed by atoms with van der Waals surface area (Å²) in [6.45, 7) is 0.296. The normalized spacial score (nSPS) is 29.3. The van der Waals surface area contributed by atoms with E-state index in [2.05, 4.69) is 21.4 Å². The third-order valence-corrected chi connectivity index (χ3v) is 10.3. The standard InChI is InChI=1S/C28H26BrClN2O3S2/c29-21-5-6-23(35-15-19-3-1-2-4-22(19)30)20(10-21)11-24-25(33)32(27(36)37-24)31-26(34)28-12-16-7-17(13-28)9-18(8-16)14-28/h1-6,10-11,16-18H,7-9,12-15H2,(H,31,34)/b24-11+. The molecule has 5 aliphatic rings. The van der Waals surface area contributed by atoms with Crippen LogP contribution in [-0.2, 0) is 16.2 Å². The number of hydrazine groups is 1. The molecule has 5 nitrogen and oxygen atoms in total. The molecule has 9 heteroatoms. The van der Waals surface area contributed by atoms with Gasteiger partial charge in [-0.25, -0.2) is 0 Å². The van der Waals surface area contributed by atoms with E-state index in [0.29, 0.717) is 44.4 Å². The van der Waals surface area contributed by atoms with Crippen molar-refractivity contribution in [3.63, 3.8) is 0 Å². The third-order valence-electron chi connectivity index (χ3n) is 8.13. The van der Waals surface area contributed by atoms with Crippen LogP contribution in [0.3, 0.4) is 0 Å². The Hall–Kier alpha value is -1.87. The van der Waals surface area contributed by atoms with Crippen molar-refractivity contribution in [2.24, 2.45) is 23.2 Å². The molecule has 37 heavy (non-hydrogen) atoms. The summed E-state index contributed by atoms with van der Waals surface area (Å²) < 4.78 is 7.27. The van der Waals surface area contributed by atoms with Crippen LogP contribution in [0.1, 0.15) is 49.7 Å². The summed E-state index contributed by atoms with van der Waals surface area (Å²) in [6.07, 6.45) is 8.32. The number of halogens is 2. The van der Waals surface area contributed by atoms with Crippen molar-refractivity contribution in [1.29, 1.82) is 0 Å². The van der Waals surface area contributed by atoms with Gasteiger partial charge >= 0.3 is 0 Å². The van der Waals surface area contributed by atoms with Crippen LogP contribution in [0.4, 0.5) is 0 Å². The number of rotatable bonds is 6. The lowest BCUT2D eigenvalue weighted by atomic mass is 9.49. The van der Waals surface area contributed by atoms with E-state index < -0.39 is 0 Å². The molecule has 0 aromatic heterocycles. The second-order valence-electron chi connectivity index (χ2n) is 10.7. The first-order valence-electron chi connectivity index (χ1n) is 12.5. The van der Waals surface area contributed by atoms with E-state index in [1.807, 2.05) is 42.5 Å². The topological polar surface area (TPSA) is 58.6 Å². The van der Waals surface area contributed by atoms with Crippen LogP contribution in [-0.4, -0.2) is 21.1 Å². The lowest BCUT2D eigenvalue weighted by Gasteiger charge is -2.55. The number of hydrogen-bond acceptors (Lipinski definition) is 5. The van der Waals surface area contributed by atoms with E-state index in [9.17, 15) is 9.59 Å². The molecule has 4 aliphatic carbocycles. The van der Waals surface area contributed by atoms with Gasteiger partial charge in [-0.05, 0) is 98.8 Å². The fourth-order valence-corrected chi connectivity index (χ4v) is 8.59. The predicted molar refractivity (Wildman–Crippen MR) is 154 cm³/mol. The minimum atomic E-state index is -0.355. The maximum absolute atomic E-state index is 13.5. The summed E-state index contributed by atoms with van der Waals surface area (Å²) in [5, 5.41) is 1.89. The van der Waals surface area contributed by atoms with Crippen LogP contribution in [0, 0.1) is 23.2 Å². The Morgan fingerprint density at radius 3 is 2.51 bits per heavy atom. The zero-order chi connectivity index (χ0) is 25.7. The zero-order valence-electron chi connectivity index (χ0n) is 20.0. The maximum Gasteiger partial charge on any atom is 0.285 e. The smallest absolute Gasteiger partial charge is 0.285 e. The van der Waals surface area contributed by atoms with Gasteiger partial charge in [-0.2, -0.15) is 5.01 Å². The molecule has 2 aromatic rings. The van der Waals surface area contributed by atoms with E-state index in [-0.39, 0.29) is 17.2 Å². The highest BCUT2D eigenvalue weighted by molar-refractivity contribution is 9.10. The van der Waals surface area contributed by atoms with Crippen molar-refractivity contribution in [3.8, 4) is 5.75 Å². The highest BCUT2D eigenvalue weighted by Gasteiger charge is 2.55. The largest absolute Gasteiger partial charge is 0.488 e. The van der Waals surface area contributed by atoms with Crippen molar-refractivity contribution in [2.45, 2.75) is 45.1 Å². The Balaban J connectivity index is 1.19. The summed E-state index contributed by atoms with van der Waals surface area (Å²) in [5.41, 5.74) is 4.16. The summed E-state index contributed by atoms with van der Waals surface area (Å²) >= 11 is 16.5. The number of thioether (sulfide) groups is 1. The van der Waals surface area contributed by atoms with E-state index in [0.717, 1.165) is 34.9 Å². The predicted octanol–water partition coefficient (Wildman–Crippen LogP) is 7.13. The average Bonchev–Trinajstić information content (AvgIpc) is 3.11. The number of amides is 2. The Morgan fingerprint density at radius 2 is 1.84 bits per heavy atom. The van der Waals surface area contributed by atoms with Gasteiger partial charge in [-0.15, -0.1) is 0 Å². The molecule has 5 fully saturated rings. The van der Waals surface area contributed by atoms with E-state index in [1.165, 1.54) is 36.0 Å². The monoisotopic (exact) mass is 616 g/mol. The van der Waals surface area contributed by atoms with Crippen molar-refractivity contribution in [1.82, 2.24) is 10.4 Å². The Bertz CT molecular complexity index is 1290. The van der Waals surface area contributed by atoms with Gasteiger partial charge in [0.15, 0.2) is 4.32 Å². The van der Waals surface area contributed by atoms with Gasteiger partial charge in [-0.3, -0.25) is 15.0 Å². The van der Waals surface area contributed by atoms with Gasteiger partial charge in [0.25, 0.3) is 5.91 Å². The van der Waals surface area contributed by atoms with Gasteiger partial charge in [0.2, 0.25) is 5.91 Å². The van der Waals surface area contributed by atoms with Crippen LogP contribution in [0.2, 0.25) is 5.02 Å². The fraction of sp³-hybridized carbons (Fsp3) is 0.393. The van der Waals surface area contributed by atoms with Crippen molar-refractivity contribution in [3.05, 3.63) is 68.0 Å². The first kappa shape index (κ1) is 25.4. The number of nitrogens with one attached hydrogen (secondary N) is 1. The summed E-state index contributed by atoms with van der Waals surface area (Å²) in [6, 6.07) is 13.2. The summed E-state index contributed by atoms with van der Waals surface area (Å²) in [4.78, 5) is 27.3. The minimum Gasteiger partial charge on any atom is -0.488 e. The molecule has 1 heterocycles. The Kier molecular flexibility index (Phi) is 6.88. The first-order valence-corrected chi connectivity index (χ1v) is 14.9. The maximum atomic E-state index is 13.5. The van der Waals surface area contributed by atoms with Crippen LogP contribution >= 0.6 is 51.5 Å². The number of nitrogens with zero attached hydrogens (tertiary/aromatic N) is 1. The molecule has 1 saturated heterocycles. The second kappa shape index (κ2) is 10.0. The fourth-order valence-electron chi connectivity index (χ4n) is 6.85. The minimum absolute atomic E-state index is 0.0460. The van der Waals surface area contributed by atoms with Crippen molar-refractivity contribution in [2.75, 3.05) is 0 Å². The molecule has 192 valence electrons. The molecule has 0 unspecified atom stereocenters. The van der Waals surface area contributed by atoms with Gasteiger partial charge in [0.1, 0.15) is 12.4 Å². The average molecular weight is 618 g/mol. The van der Waals surface area contributed by atoms with Crippen molar-refractivity contribution < 1.29 is 14.3 Å². The number of carbonyl (C=O) groups is 2. The molecular weight excluding hydrogens is 592 g/mol. The second-order valence-corrected chi connectivity index (χ2v) is 13.7. The highest BCUT2D eigenvalue weighted by Crippen LogP contribution is 2.60. The molecule has 0 spiro atoms. The number of hydrogen-bond donors (Lipinski definition) is 1. The molecule has 0 atom stereocenters. The summed E-state index contributed by atoms with van der Waals surface area (Å²) in [7, 11) is 0. The number of carbonyl (C=O) groups excluding carboxylic acids is 2. The highest BCUT2D eigenvalue weighted by atomic mass is 79.9. The number of benzene rings is 2. The number of ether oxygens (including phenoxy) is 1. The molecular formula is C28H26BrClN2O3S2. The zero-order valence-corrected chi connectivity index (χ0v) is 24.0. The Labute approximate surface area is 239 Å². The molecule has 0 radical (unpaired) electrons. The van der Waals surface area contributed by atoms with Crippen LogP contribution in [0.25, 0.3) is 6.08 Å². The van der Waals surface area contributed by atoms with E-state index in [4.69, 9.17) is 28.6 Å². The van der Waals surface area contributed by atoms with E-state index in [1.54, 1.807) is 6.08 Å². The van der Waals surface area contributed by atoms with Gasteiger partial charge in [0, 0.05) is 20.6 Å². The molecule has 2 amide bonds. The molecule has 4 bridgehead atoms. The van der Waals surface area contributed by atoms with Crippen LogP contribution in [0.5, 0.6) is 5.75 Å². The molecule has 4 saturated carbocycles. The molecule has 7 rings (SSSR count). The number of thiocarbonyl (C=S) groups is 1. The van der Waals surface area contributed by atoms with E-state index >= 15 is 0 Å². The SMILES string of the molecule is O=C1/C(=C\c2cc(Br)ccc2OCc2ccccc2Cl)SC(=S)N1NC(=O)C12CC3CC(CC(C3)C1)C2. The third kappa shape index (κ3) is 4.98. The molecule has 2 aromatic carbocycles. The van der Waals surface area contributed by atoms with Gasteiger partial charge in [0.05, 0.1) is 10.3 Å². The van der Waals surface area contributed by atoms with Gasteiger partial charge in [-0.1, -0.05) is 57.5 Å². The molecule has 1 N–H and O–H groups in total. The van der Waals surface area contributed by atoms with Crippen LogP contribution in [0.15, 0.2) is 51.8 Å². The summed E-state index contributed by atoms with van der Waals surface area (Å²) in [5.74, 6) is 2.18.